The van der Waals surface area contributed by atoms with Crippen LogP contribution in [-0.2, 0) is 6.54 Å². The number of hydrogen-bond donors (Lipinski definition) is 0. The van der Waals surface area contributed by atoms with Gasteiger partial charge in [-0.25, -0.2) is 4.68 Å². The number of halogens is 2. The van der Waals surface area contributed by atoms with E-state index in [1.165, 1.54) is 11.8 Å². The van der Waals surface area contributed by atoms with Crippen LogP contribution in [-0.4, -0.2) is 54.2 Å². The first-order valence-corrected chi connectivity index (χ1v) is 10.8. The van der Waals surface area contributed by atoms with Crippen LogP contribution in [0, 0.1) is 0 Å². The van der Waals surface area contributed by atoms with E-state index in [9.17, 15) is 8.78 Å². The highest BCUT2D eigenvalue weighted by molar-refractivity contribution is 5.59. The number of likely N-dealkylation sites (tertiary alicyclic amines) is 1. The Morgan fingerprint density at radius 3 is 2.61 bits per heavy atom. The molecule has 5 rings (SSSR count). The molecule has 170 valence electrons. The molecule has 10 heteroatoms. The Morgan fingerprint density at radius 1 is 1.06 bits per heavy atom. The van der Waals surface area contributed by atoms with Crippen molar-refractivity contribution in [1.82, 2.24) is 35.1 Å². The number of alkyl halides is 2. The summed E-state index contributed by atoms with van der Waals surface area (Å²) in [4.78, 5) is 6.82. The van der Waals surface area contributed by atoms with Gasteiger partial charge in [0, 0.05) is 36.8 Å². The predicted molar refractivity (Wildman–Crippen MR) is 116 cm³/mol. The van der Waals surface area contributed by atoms with E-state index >= 15 is 0 Å². The summed E-state index contributed by atoms with van der Waals surface area (Å²) >= 11 is 0. The van der Waals surface area contributed by atoms with Crippen molar-refractivity contribution in [2.24, 2.45) is 0 Å². The third kappa shape index (κ3) is 4.51. The molecule has 0 spiro atoms. The van der Waals surface area contributed by atoms with Gasteiger partial charge in [-0.15, -0.1) is 15.3 Å². The second-order valence-corrected chi connectivity index (χ2v) is 8.46. The molecule has 1 saturated heterocycles. The number of aromatic nitrogens is 6. The van der Waals surface area contributed by atoms with E-state index in [0.717, 1.165) is 30.0 Å². The van der Waals surface area contributed by atoms with Gasteiger partial charge < -0.3 is 4.42 Å². The molecule has 3 aromatic heterocycles. The van der Waals surface area contributed by atoms with Crippen LogP contribution in [0.25, 0.3) is 22.7 Å². The molecular formula is C23H23F2N7O. The van der Waals surface area contributed by atoms with E-state index in [1.807, 2.05) is 12.3 Å². The lowest BCUT2D eigenvalue weighted by molar-refractivity contribution is 0.110. The summed E-state index contributed by atoms with van der Waals surface area (Å²) in [5.41, 5.74) is 4.38. The molecule has 1 aliphatic heterocycles. The van der Waals surface area contributed by atoms with E-state index in [1.54, 1.807) is 16.8 Å². The lowest BCUT2D eigenvalue weighted by Gasteiger charge is -2.42. The molecule has 0 amide bonds. The number of benzene rings is 1. The van der Waals surface area contributed by atoms with E-state index in [4.69, 9.17) is 4.42 Å². The molecular weight excluding hydrogens is 428 g/mol. The first kappa shape index (κ1) is 21.3. The quantitative estimate of drug-likeness (QED) is 0.417. The highest BCUT2D eigenvalue weighted by atomic mass is 19.3. The highest BCUT2D eigenvalue weighted by Crippen LogP contribution is 2.31. The molecule has 1 aromatic carbocycles. The monoisotopic (exact) mass is 451 g/mol. The zero-order valence-corrected chi connectivity index (χ0v) is 18.3. The van der Waals surface area contributed by atoms with Crippen molar-refractivity contribution in [2.75, 3.05) is 13.1 Å². The Kier molecular flexibility index (Phi) is 5.67. The van der Waals surface area contributed by atoms with E-state index < -0.39 is 12.3 Å². The third-order valence-electron chi connectivity index (χ3n) is 5.86. The lowest BCUT2D eigenvalue weighted by Crippen LogP contribution is -2.48. The highest BCUT2D eigenvalue weighted by Gasteiger charge is 2.29. The van der Waals surface area contributed by atoms with Gasteiger partial charge in [0.1, 0.15) is 5.69 Å². The average molecular weight is 451 g/mol. The topological polar surface area (TPSA) is 85.8 Å². The van der Waals surface area contributed by atoms with Crippen molar-refractivity contribution in [2.45, 2.75) is 38.8 Å². The Morgan fingerprint density at radius 2 is 1.91 bits per heavy atom. The molecule has 1 aliphatic rings. The summed E-state index contributed by atoms with van der Waals surface area (Å²) in [6, 6.07) is 12.5. The van der Waals surface area contributed by atoms with Gasteiger partial charge in [0.15, 0.2) is 0 Å². The van der Waals surface area contributed by atoms with Gasteiger partial charge in [0.05, 0.1) is 24.0 Å². The molecule has 0 radical (unpaired) electrons. The third-order valence-corrected chi connectivity index (χ3v) is 5.86. The SMILES string of the molecule is CC(C)N1CC(c2cccc(-c3cn(Cc4ccc(-c5nnc(C(F)F)o5)cn4)nn3)c2)C1. The maximum atomic E-state index is 12.6. The number of hydrogen-bond acceptors (Lipinski definition) is 7. The van der Waals surface area contributed by atoms with Crippen molar-refractivity contribution in [3.05, 3.63) is 65.9 Å². The second-order valence-electron chi connectivity index (χ2n) is 8.46. The smallest absolute Gasteiger partial charge is 0.314 e. The van der Waals surface area contributed by atoms with Crippen LogP contribution in [0.4, 0.5) is 8.78 Å². The summed E-state index contributed by atoms with van der Waals surface area (Å²) < 4.78 is 31.9. The molecule has 4 aromatic rings. The Hall–Kier alpha value is -3.53. The summed E-state index contributed by atoms with van der Waals surface area (Å²) in [6.07, 6.45) is 0.602. The summed E-state index contributed by atoms with van der Waals surface area (Å²) in [5.74, 6) is -0.140. The van der Waals surface area contributed by atoms with Crippen molar-refractivity contribution in [1.29, 1.82) is 0 Å². The van der Waals surface area contributed by atoms with Crippen molar-refractivity contribution < 1.29 is 13.2 Å². The predicted octanol–water partition coefficient (Wildman–Crippen LogP) is 4.18. The van der Waals surface area contributed by atoms with Crippen LogP contribution in [0.15, 0.2) is 53.2 Å². The Labute approximate surface area is 189 Å². The molecule has 4 heterocycles. The van der Waals surface area contributed by atoms with Gasteiger partial charge in [-0.1, -0.05) is 23.4 Å². The van der Waals surface area contributed by atoms with Gasteiger partial charge in [-0.3, -0.25) is 9.88 Å². The van der Waals surface area contributed by atoms with Crippen molar-refractivity contribution in [3.8, 4) is 22.7 Å². The first-order chi connectivity index (χ1) is 16.0. The fourth-order valence-electron chi connectivity index (χ4n) is 3.85. The molecule has 1 fully saturated rings. The summed E-state index contributed by atoms with van der Waals surface area (Å²) in [7, 11) is 0. The zero-order valence-electron chi connectivity index (χ0n) is 18.3. The summed E-state index contributed by atoms with van der Waals surface area (Å²) in [5, 5.41) is 15.5. The van der Waals surface area contributed by atoms with Gasteiger partial charge >= 0.3 is 6.43 Å². The molecule has 8 nitrogen and oxygen atoms in total. The van der Waals surface area contributed by atoms with Gasteiger partial charge in [0.2, 0.25) is 5.89 Å². The molecule has 0 unspecified atom stereocenters. The van der Waals surface area contributed by atoms with Crippen LogP contribution in [0.2, 0.25) is 0 Å². The average Bonchev–Trinajstić information content (AvgIpc) is 3.43. The van der Waals surface area contributed by atoms with E-state index in [-0.39, 0.29) is 5.89 Å². The molecule has 0 bridgehead atoms. The van der Waals surface area contributed by atoms with E-state index in [2.05, 4.69) is 62.4 Å². The van der Waals surface area contributed by atoms with Crippen LogP contribution < -0.4 is 0 Å². The molecule has 0 atom stereocenters. The van der Waals surface area contributed by atoms with Gasteiger partial charge in [-0.2, -0.15) is 8.78 Å². The largest absolute Gasteiger partial charge is 0.415 e. The minimum Gasteiger partial charge on any atom is -0.415 e. The van der Waals surface area contributed by atoms with Crippen molar-refractivity contribution >= 4 is 0 Å². The maximum Gasteiger partial charge on any atom is 0.314 e. The number of rotatable bonds is 7. The number of pyridine rings is 1. The fourth-order valence-corrected chi connectivity index (χ4v) is 3.85. The molecule has 0 aliphatic carbocycles. The lowest BCUT2D eigenvalue weighted by atomic mass is 9.89. The van der Waals surface area contributed by atoms with E-state index in [0.29, 0.717) is 24.1 Å². The zero-order chi connectivity index (χ0) is 22.9. The van der Waals surface area contributed by atoms with Crippen LogP contribution in [0.3, 0.4) is 0 Å². The van der Waals surface area contributed by atoms with Crippen molar-refractivity contribution in [3.63, 3.8) is 0 Å². The Bertz CT molecular complexity index is 1230. The standard InChI is InChI=1S/C23H23F2N7O/c1-14(2)31-10-18(11-31)15-4-3-5-16(8-15)20-13-32(30-27-20)12-19-7-6-17(9-26-19)22-28-29-23(33-22)21(24)25/h3-9,13-14,18,21H,10-12H2,1-2H3. The van der Waals surface area contributed by atoms with Crippen LogP contribution in [0.1, 0.15) is 43.3 Å². The minimum absolute atomic E-state index is 0.00949. The normalized spacial score (nSPS) is 14.8. The fraction of sp³-hybridized carbons (Fsp3) is 0.348. The molecule has 0 saturated carbocycles. The van der Waals surface area contributed by atoms with Gasteiger partial charge in [0.25, 0.3) is 5.89 Å². The molecule has 0 N–H and O–H groups in total. The van der Waals surface area contributed by atoms with Gasteiger partial charge in [-0.05, 0) is 37.6 Å². The Balaban J connectivity index is 1.25. The van der Waals surface area contributed by atoms with Crippen LogP contribution >= 0.6 is 0 Å². The van der Waals surface area contributed by atoms with Crippen LogP contribution in [0.5, 0.6) is 0 Å². The summed E-state index contributed by atoms with van der Waals surface area (Å²) in [6.45, 7) is 7.04. The minimum atomic E-state index is -2.80. The first-order valence-electron chi connectivity index (χ1n) is 10.8. The maximum absolute atomic E-state index is 12.6. The molecule has 33 heavy (non-hydrogen) atoms. The second kappa shape index (κ2) is 8.78. The number of nitrogens with zero attached hydrogens (tertiary/aromatic N) is 7.